The molecule has 1 atom stereocenters. The lowest BCUT2D eigenvalue weighted by Crippen LogP contribution is -2.50. The summed E-state index contributed by atoms with van der Waals surface area (Å²) >= 11 is 0. The number of piperazine rings is 1. The quantitative estimate of drug-likeness (QED) is 0.913. The monoisotopic (exact) mass is 277 g/mol. The summed E-state index contributed by atoms with van der Waals surface area (Å²) < 4.78 is 0. The minimum atomic E-state index is 0. The van der Waals surface area contributed by atoms with E-state index in [0.717, 1.165) is 26.1 Å². The first kappa shape index (κ1) is 16.6. The van der Waals surface area contributed by atoms with Gasteiger partial charge in [0.25, 0.3) is 0 Å². The van der Waals surface area contributed by atoms with E-state index in [1.165, 1.54) is 12.1 Å². The van der Waals surface area contributed by atoms with E-state index in [1.807, 2.05) is 18.5 Å². The third-order valence-electron chi connectivity index (χ3n) is 3.05. The first-order valence-corrected chi connectivity index (χ1v) is 5.70. The third kappa shape index (κ3) is 5.21. The summed E-state index contributed by atoms with van der Waals surface area (Å²) in [6, 6.07) is 4.83. The molecule has 1 aliphatic heterocycles. The Morgan fingerprint density at radius 3 is 2.94 bits per heavy atom. The fourth-order valence-corrected chi connectivity index (χ4v) is 2.03. The zero-order chi connectivity index (χ0) is 10.5. The number of rotatable bonds is 3. The average molecular weight is 278 g/mol. The second kappa shape index (κ2) is 8.70. The van der Waals surface area contributed by atoms with Gasteiger partial charge in [-0.2, -0.15) is 0 Å². The van der Waals surface area contributed by atoms with E-state index >= 15 is 0 Å². The molecule has 0 bridgehead atoms. The normalized spacial score (nSPS) is 20.2. The number of nitrogens with zero attached hydrogens (tertiary/aromatic N) is 2. The van der Waals surface area contributed by atoms with Gasteiger partial charge in [0.05, 0.1) is 0 Å². The van der Waals surface area contributed by atoms with Crippen molar-refractivity contribution >= 4 is 24.8 Å². The number of hydrogen-bond acceptors (Lipinski definition) is 3. The molecule has 1 unspecified atom stereocenters. The Labute approximate surface area is 116 Å². The van der Waals surface area contributed by atoms with Crippen LogP contribution in [0.3, 0.4) is 0 Å². The standard InChI is InChI=1S/C12H19N3.2ClH/c1-11-9-14-6-8-15(11)7-4-12-3-2-5-13-10-12;;/h2-3,5,10-11,14H,4,6-9H2,1H3;2*1H. The predicted molar refractivity (Wildman–Crippen MR) is 76.3 cm³/mol. The molecule has 0 radical (unpaired) electrons. The number of nitrogens with one attached hydrogen (secondary N) is 1. The van der Waals surface area contributed by atoms with Gasteiger partial charge in [0.15, 0.2) is 0 Å². The summed E-state index contributed by atoms with van der Waals surface area (Å²) in [5.74, 6) is 0. The van der Waals surface area contributed by atoms with Gasteiger partial charge in [0.2, 0.25) is 0 Å². The summed E-state index contributed by atoms with van der Waals surface area (Å²) in [4.78, 5) is 6.68. The summed E-state index contributed by atoms with van der Waals surface area (Å²) in [6.45, 7) is 6.84. The Bertz CT molecular complexity index is 295. The molecule has 0 spiro atoms. The van der Waals surface area contributed by atoms with Crippen LogP contribution in [0.4, 0.5) is 0 Å². The maximum absolute atomic E-state index is 4.14. The molecule has 0 aromatic carbocycles. The molecule has 2 heterocycles. The molecule has 1 aromatic heterocycles. The fraction of sp³-hybridized carbons (Fsp3) is 0.583. The van der Waals surface area contributed by atoms with Crippen molar-refractivity contribution in [3.05, 3.63) is 30.1 Å². The van der Waals surface area contributed by atoms with E-state index in [9.17, 15) is 0 Å². The molecule has 1 N–H and O–H groups in total. The van der Waals surface area contributed by atoms with Crippen LogP contribution in [-0.4, -0.2) is 42.1 Å². The molecular formula is C12H21Cl2N3. The van der Waals surface area contributed by atoms with Crippen LogP contribution in [0.25, 0.3) is 0 Å². The van der Waals surface area contributed by atoms with Gasteiger partial charge in [-0.25, -0.2) is 0 Å². The molecular weight excluding hydrogens is 257 g/mol. The van der Waals surface area contributed by atoms with Crippen molar-refractivity contribution in [1.82, 2.24) is 15.2 Å². The summed E-state index contributed by atoms with van der Waals surface area (Å²) in [7, 11) is 0. The lowest BCUT2D eigenvalue weighted by atomic mass is 10.1. The average Bonchev–Trinajstić information content (AvgIpc) is 2.29. The van der Waals surface area contributed by atoms with Gasteiger partial charge in [0.1, 0.15) is 0 Å². The molecule has 3 nitrogen and oxygen atoms in total. The molecule has 0 aliphatic carbocycles. The van der Waals surface area contributed by atoms with Crippen molar-refractivity contribution in [2.75, 3.05) is 26.2 Å². The number of hydrogen-bond donors (Lipinski definition) is 1. The van der Waals surface area contributed by atoms with Gasteiger partial charge in [-0.1, -0.05) is 6.07 Å². The van der Waals surface area contributed by atoms with Crippen molar-refractivity contribution in [2.24, 2.45) is 0 Å². The van der Waals surface area contributed by atoms with Gasteiger partial charge < -0.3 is 5.32 Å². The molecule has 2 rings (SSSR count). The van der Waals surface area contributed by atoms with Gasteiger partial charge in [0, 0.05) is 44.6 Å². The predicted octanol–water partition coefficient (Wildman–Crippen LogP) is 1.76. The molecule has 17 heavy (non-hydrogen) atoms. The minimum Gasteiger partial charge on any atom is -0.314 e. The van der Waals surface area contributed by atoms with Crippen molar-refractivity contribution in [2.45, 2.75) is 19.4 Å². The van der Waals surface area contributed by atoms with Crippen LogP contribution in [0, 0.1) is 0 Å². The summed E-state index contributed by atoms with van der Waals surface area (Å²) in [5.41, 5.74) is 1.34. The Morgan fingerprint density at radius 2 is 2.29 bits per heavy atom. The Kier molecular flexibility index (Phi) is 8.52. The molecule has 1 saturated heterocycles. The SMILES string of the molecule is CC1CNCCN1CCc1cccnc1.Cl.Cl. The van der Waals surface area contributed by atoms with Crippen LogP contribution in [-0.2, 0) is 6.42 Å². The molecule has 98 valence electrons. The number of pyridine rings is 1. The zero-order valence-corrected chi connectivity index (χ0v) is 11.8. The number of aromatic nitrogens is 1. The molecule has 0 saturated carbocycles. The molecule has 1 fully saturated rings. The van der Waals surface area contributed by atoms with Gasteiger partial charge in [-0.15, -0.1) is 24.8 Å². The van der Waals surface area contributed by atoms with Crippen LogP contribution in [0.5, 0.6) is 0 Å². The highest BCUT2D eigenvalue weighted by atomic mass is 35.5. The van der Waals surface area contributed by atoms with Crippen LogP contribution in [0.15, 0.2) is 24.5 Å². The molecule has 1 aromatic rings. The van der Waals surface area contributed by atoms with E-state index in [2.05, 4.69) is 28.2 Å². The Morgan fingerprint density at radius 1 is 1.47 bits per heavy atom. The topological polar surface area (TPSA) is 28.2 Å². The zero-order valence-electron chi connectivity index (χ0n) is 10.1. The van der Waals surface area contributed by atoms with Crippen molar-refractivity contribution in [3.8, 4) is 0 Å². The molecule has 0 amide bonds. The lowest BCUT2D eigenvalue weighted by Gasteiger charge is -2.33. The Hall–Kier alpha value is -0.350. The first-order chi connectivity index (χ1) is 7.36. The van der Waals surface area contributed by atoms with Crippen LogP contribution < -0.4 is 5.32 Å². The van der Waals surface area contributed by atoms with Crippen LogP contribution in [0.1, 0.15) is 12.5 Å². The largest absolute Gasteiger partial charge is 0.314 e. The third-order valence-corrected chi connectivity index (χ3v) is 3.05. The highest BCUT2D eigenvalue weighted by Gasteiger charge is 2.16. The maximum atomic E-state index is 4.14. The van der Waals surface area contributed by atoms with Crippen molar-refractivity contribution < 1.29 is 0 Å². The Balaban J connectivity index is 0.00000128. The van der Waals surface area contributed by atoms with Crippen LogP contribution in [0.2, 0.25) is 0 Å². The number of halogens is 2. The maximum Gasteiger partial charge on any atom is 0.0300 e. The summed E-state index contributed by atoms with van der Waals surface area (Å²) in [6.07, 6.45) is 4.90. The van der Waals surface area contributed by atoms with E-state index in [0.29, 0.717) is 6.04 Å². The second-order valence-electron chi connectivity index (χ2n) is 4.20. The van der Waals surface area contributed by atoms with E-state index in [4.69, 9.17) is 0 Å². The summed E-state index contributed by atoms with van der Waals surface area (Å²) in [5, 5.41) is 3.41. The van der Waals surface area contributed by atoms with Crippen LogP contribution >= 0.6 is 24.8 Å². The van der Waals surface area contributed by atoms with Crippen molar-refractivity contribution in [3.63, 3.8) is 0 Å². The van der Waals surface area contributed by atoms with Gasteiger partial charge >= 0.3 is 0 Å². The fourth-order valence-electron chi connectivity index (χ4n) is 2.03. The second-order valence-corrected chi connectivity index (χ2v) is 4.20. The van der Waals surface area contributed by atoms with E-state index in [1.54, 1.807) is 0 Å². The lowest BCUT2D eigenvalue weighted by molar-refractivity contribution is 0.176. The first-order valence-electron chi connectivity index (χ1n) is 5.70. The smallest absolute Gasteiger partial charge is 0.0300 e. The van der Waals surface area contributed by atoms with E-state index in [-0.39, 0.29) is 24.8 Å². The molecule has 1 aliphatic rings. The highest BCUT2D eigenvalue weighted by molar-refractivity contribution is 5.85. The van der Waals surface area contributed by atoms with Gasteiger partial charge in [-0.05, 0) is 25.0 Å². The van der Waals surface area contributed by atoms with Gasteiger partial charge in [-0.3, -0.25) is 9.88 Å². The highest BCUT2D eigenvalue weighted by Crippen LogP contribution is 2.05. The van der Waals surface area contributed by atoms with Crippen molar-refractivity contribution in [1.29, 1.82) is 0 Å². The van der Waals surface area contributed by atoms with E-state index < -0.39 is 0 Å². The minimum absolute atomic E-state index is 0. The molecule has 5 heteroatoms.